The Labute approximate surface area is 374 Å². The van der Waals surface area contributed by atoms with Crippen LogP contribution in [0.5, 0.6) is 0 Å². The SMILES string of the molecule is Clc1ccc2c(Br)c3ccccc3c(-c3ccccc3)c2c1.Clc1ccc2cc3ccccc3c(-c3ccccc3)c2c1.Clc1ccc2cc3ccccc3c(Br)c2c1. The average molecular weight is 948 g/mol. The van der Waals surface area contributed by atoms with Crippen LogP contribution in [0.15, 0.2) is 209 Å². The quantitative estimate of drug-likeness (QED) is 0.152. The summed E-state index contributed by atoms with van der Waals surface area (Å²) in [6.07, 6.45) is 0. The number of fused-ring (bicyclic) bond motifs is 6. The summed E-state index contributed by atoms with van der Waals surface area (Å²) in [6.45, 7) is 0. The van der Waals surface area contributed by atoms with Gasteiger partial charge in [0, 0.05) is 24.0 Å². The second-order valence-corrected chi connectivity index (χ2v) is 17.2. The van der Waals surface area contributed by atoms with Gasteiger partial charge in [0.2, 0.25) is 0 Å². The molecule has 0 aliphatic heterocycles. The third-order valence-electron chi connectivity index (χ3n) is 10.6. The summed E-state index contributed by atoms with van der Waals surface area (Å²) in [4.78, 5) is 0. The van der Waals surface area contributed by atoms with Gasteiger partial charge in [0.15, 0.2) is 0 Å². The maximum absolute atomic E-state index is 6.27. The van der Waals surface area contributed by atoms with Crippen molar-refractivity contribution in [3.8, 4) is 22.3 Å². The molecule has 59 heavy (non-hydrogen) atoms. The lowest BCUT2D eigenvalue weighted by molar-refractivity contribution is 1.66. The zero-order valence-electron chi connectivity index (χ0n) is 31.4. The predicted molar refractivity (Wildman–Crippen MR) is 266 cm³/mol. The van der Waals surface area contributed by atoms with Crippen molar-refractivity contribution in [1.82, 2.24) is 0 Å². The molecule has 0 heterocycles. The van der Waals surface area contributed by atoms with Crippen molar-refractivity contribution in [1.29, 1.82) is 0 Å². The first-order valence-electron chi connectivity index (χ1n) is 19.1. The van der Waals surface area contributed by atoms with Gasteiger partial charge in [-0.15, -0.1) is 0 Å². The third-order valence-corrected chi connectivity index (χ3v) is 13.0. The Hall–Kier alpha value is -5.19. The minimum absolute atomic E-state index is 0.756. The van der Waals surface area contributed by atoms with Gasteiger partial charge < -0.3 is 0 Å². The molecule has 0 spiro atoms. The first kappa shape index (κ1) is 39.3. The fourth-order valence-electron chi connectivity index (χ4n) is 7.94. The largest absolute Gasteiger partial charge is 0.0843 e. The fourth-order valence-corrected chi connectivity index (χ4v) is 9.86. The van der Waals surface area contributed by atoms with Crippen molar-refractivity contribution in [2.45, 2.75) is 0 Å². The standard InChI is InChI=1S/C20H12BrCl.C20H13Cl.C14H8BrCl/c21-20-16-9-5-4-8-15(16)19(13-6-2-1-3-7-13)18-12-14(22)10-11-17(18)20;21-17-11-10-16-12-15-8-4-5-9-18(15)20(19(16)13-17)14-6-2-1-3-7-14;15-14-12-4-2-1-3-9(12)7-10-5-6-11(16)8-13(10)14/h1-12H;1-13H;1-8H. The van der Waals surface area contributed by atoms with Crippen LogP contribution in [0, 0.1) is 0 Å². The van der Waals surface area contributed by atoms with Gasteiger partial charge >= 0.3 is 0 Å². The van der Waals surface area contributed by atoms with E-state index in [1.165, 1.54) is 81.5 Å². The Morgan fingerprint density at radius 2 is 0.627 bits per heavy atom. The van der Waals surface area contributed by atoms with E-state index in [9.17, 15) is 0 Å². The molecule has 0 nitrogen and oxygen atoms in total. The number of benzene rings is 11. The molecule has 0 fully saturated rings. The average Bonchev–Trinajstić information content (AvgIpc) is 3.27. The van der Waals surface area contributed by atoms with Crippen molar-refractivity contribution in [2.24, 2.45) is 0 Å². The molecular formula is C54H33Br2Cl3. The summed E-state index contributed by atoms with van der Waals surface area (Å²) in [7, 11) is 0. The van der Waals surface area contributed by atoms with Gasteiger partial charge in [-0.1, -0.05) is 186 Å². The van der Waals surface area contributed by atoms with E-state index in [-0.39, 0.29) is 0 Å². The van der Waals surface area contributed by atoms with E-state index in [4.69, 9.17) is 34.8 Å². The van der Waals surface area contributed by atoms with Gasteiger partial charge in [-0.2, -0.15) is 0 Å². The van der Waals surface area contributed by atoms with Crippen LogP contribution in [0.1, 0.15) is 0 Å². The highest BCUT2D eigenvalue weighted by Gasteiger charge is 2.14. The zero-order valence-corrected chi connectivity index (χ0v) is 36.9. The van der Waals surface area contributed by atoms with Gasteiger partial charge in [-0.05, 0) is 167 Å². The first-order valence-corrected chi connectivity index (χ1v) is 21.8. The van der Waals surface area contributed by atoms with Crippen molar-refractivity contribution >= 4 is 131 Å². The zero-order chi connectivity index (χ0) is 40.5. The Balaban J connectivity index is 0.000000116. The lowest BCUT2D eigenvalue weighted by Crippen LogP contribution is -1.87. The summed E-state index contributed by atoms with van der Waals surface area (Å²) in [6, 6.07) is 68.9. The Morgan fingerprint density at radius 1 is 0.254 bits per heavy atom. The molecule has 0 aliphatic carbocycles. The highest BCUT2D eigenvalue weighted by molar-refractivity contribution is 9.11. The summed E-state index contributed by atoms with van der Waals surface area (Å²) in [5.41, 5.74) is 4.92. The van der Waals surface area contributed by atoms with Crippen molar-refractivity contribution in [3.63, 3.8) is 0 Å². The van der Waals surface area contributed by atoms with E-state index in [1.807, 2.05) is 42.5 Å². The van der Waals surface area contributed by atoms with Gasteiger partial charge in [-0.3, -0.25) is 0 Å². The third kappa shape index (κ3) is 7.97. The molecule has 0 bridgehead atoms. The number of hydrogen-bond acceptors (Lipinski definition) is 0. The summed E-state index contributed by atoms with van der Waals surface area (Å²) in [5.74, 6) is 0. The van der Waals surface area contributed by atoms with Crippen LogP contribution in [0.3, 0.4) is 0 Å². The van der Waals surface area contributed by atoms with Crippen molar-refractivity contribution in [3.05, 3.63) is 224 Å². The molecule has 284 valence electrons. The molecule has 0 saturated carbocycles. The van der Waals surface area contributed by atoms with Crippen molar-refractivity contribution in [2.75, 3.05) is 0 Å². The van der Waals surface area contributed by atoms with Gasteiger partial charge in [-0.25, -0.2) is 0 Å². The second kappa shape index (κ2) is 17.2. The minimum atomic E-state index is 0.756. The van der Waals surface area contributed by atoms with Crippen molar-refractivity contribution < 1.29 is 0 Å². The molecule has 11 rings (SSSR count). The van der Waals surface area contributed by atoms with Gasteiger partial charge in [0.1, 0.15) is 0 Å². The van der Waals surface area contributed by atoms with E-state index in [1.54, 1.807) is 0 Å². The highest BCUT2D eigenvalue weighted by Crippen LogP contribution is 2.43. The normalized spacial score (nSPS) is 11.1. The number of halogens is 5. The van der Waals surface area contributed by atoms with E-state index >= 15 is 0 Å². The molecule has 0 radical (unpaired) electrons. The molecule has 0 saturated heterocycles. The molecule has 0 amide bonds. The Morgan fingerprint density at radius 3 is 1.24 bits per heavy atom. The maximum atomic E-state index is 6.27. The summed E-state index contributed by atoms with van der Waals surface area (Å²) in [5, 5.41) is 16.9. The first-order chi connectivity index (χ1) is 28.8. The lowest BCUT2D eigenvalue weighted by atomic mass is 9.92. The van der Waals surface area contributed by atoms with E-state index in [0.717, 1.165) is 29.4 Å². The fraction of sp³-hybridized carbons (Fsp3) is 0. The molecule has 11 aromatic carbocycles. The molecule has 0 unspecified atom stereocenters. The topological polar surface area (TPSA) is 0 Å². The predicted octanol–water partition coefficient (Wildman–Crippen LogP) is 18.8. The van der Waals surface area contributed by atoms with Crippen LogP contribution < -0.4 is 0 Å². The highest BCUT2D eigenvalue weighted by atomic mass is 79.9. The maximum Gasteiger partial charge on any atom is 0.0412 e. The van der Waals surface area contributed by atoms with Crippen LogP contribution in [0.4, 0.5) is 0 Å². The van der Waals surface area contributed by atoms with Crippen LogP contribution in [0.25, 0.3) is 86.9 Å². The molecule has 5 heteroatoms. The monoisotopic (exact) mass is 944 g/mol. The number of rotatable bonds is 2. The van der Waals surface area contributed by atoms with Crippen LogP contribution in [0.2, 0.25) is 15.1 Å². The smallest absolute Gasteiger partial charge is 0.0412 e. The van der Waals surface area contributed by atoms with Gasteiger partial charge in [0.05, 0.1) is 0 Å². The van der Waals surface area contributed by atoms with Crippen LogP contribution in [-0.4, -0.2) is 0 Å². The molecule has 0 N–H and O–H groups in total. The minimum Gasteiger partial charge on any atom is -0.0843 e. The lowest BCUT2D eigenvalue weighted by Gasteiger charge is -2.14. The Kier molecular flexibility index (Phi) is 11.4. The van der Waals surface area contributed by atoms with Gasteiger partial charge in [0.25, 0.3) is 0 Å². The van der Waals surface area contributed by atoms with E-state index in [2.05, 4.69) is 190 Å². The summed E-state index contributed by atoms with van der Waals surface area (Å²) < 4.78 is 2.23. The number of hydrogen-bond donors (Lipinski definition) is 0. The molecule has 0 aromatic heterocycles. The summed E-state index contributed by atoms with van der Waals surface area (Å²) >= 11 is 25.9. The molecular weight excluding hydrogens is 915 g/mol. The Bertz CT molecular complexity index is 3330. The molecule has 0 aliphatic rings. The van der Waals surface area contributed by atoms with E-state index in [0.29, 0.717) is 0 Å². The second-order valence-electron chi connectivity index (χ2n) is 14.3. The molecule has 11 aromatic rings. The molecule has 0 atom stereocenters. The van der Waals surface area contributed by atoms with E-state index < -0.39 is 0 Å². The van der Waals surface area contributed by atoms with Crippen LogP contribution in [-0.2, 0) is 0 Å². The van der Waals surface area contributed by atoms with Crippen LogP contribution >= 0.6 is 66.7 Å².